The number of benzene rings is 2. The van der Waals surface area contributed by atoms with Gasteiger partial charge in [0.05, 0.1) is 6.61 Å². The van der Waals surface area contributed by atoms with Gasteiger partial charge >= 0.3 is 5.97 Å². The lowest BCUT2D eigenvalue weighted by atomic mass is 10.3. The molecule has 0 bridgehead atoms. The number of esters is 1. The minimum absolute atomic E-state index is 0.186. The average molecular weight is 342 g/mol. The van der Waals surface area contributed by atoms with Gasteiger partial charge in [0, 0.05) is 12.7 Å². The zero-order valence-electron chi connectivity index (χ0n) is 14.4. The summed E-state index contributed by atoms with van der Waals surface area (Å²) < 4.78 is 21.7. The highest BCUT2D eigenvalue weighted by atomic mass is 16.6. The average Bonchev–Trinajstić information content (AvgIpc) is 2.62. The summed E-state index contributed by atoms with van der Waals surface area (Å²) >= 11 is 0. The smallest absolute Gasteiger partial charge is 0.333 e. The number of carbonyl (C=O) groups is 1. The van der Waals surface area contributed by atoms with Gasteiger partial charge < -0.3 is 18.9 Å². The number of hydrogen-bond acceptors (Lipinski definition) is 5. The van der Waals surface area contributed by atoms with Crippen molar-refractivity contribution in [3.63, 3.8) is 0 Å². The summed E-state index contributed by atoms with van der Waals surface area (Å²) in [6, 6.07) is 16.7. The molecule has 5 heteroatoms. The molecule has 1 unspecified atom stereocenters. The van der Waals surface area contributed by atoms with Gasteiger partial charge in [-0.15, -0.1) is 0 Å². The molecule has 2 rings (SSSR count). The molecule has 0 amide bonds. The third-order valence-corrected chi connectivity index (χ3v) is 3.21. The van der Waals surface area contributed by atoms with Crippen LogP contribution in [-0.4, -0.2) is 32.4 Å². The molecule has 0 fully saturated rings. The Labute approximate surface area is 147 Å². The van der Waals surface area contributed by atoms with E-state index < -0.39 is 12.1 Å². The SMILES string of the molecule is C=C(C)C(=O)OC(COC)COc1ccc(Oc2ccccc2)cc1. The normalized spacial score (nSPS) is 11.4. The zero-order valence-corrected chi connectivity index (χ0v) is 14.4. The fourth-order valence-corrected chi connectivity index (χ4v) is 1.97. The van der Waals surface area contributed by atoms with Crippen molar-refractivity contribution in [2.24, 2.45) is 0 Å². The number of carbonyl (C=O) groups excluding carboxylic acids is 1. The number of ether oxygens (including phenoxy) is 4. The zero-order chi connectivity index (χ0) is 18.1. The van der Waals surface area contributed by atoms with Crippen LogP contribution in [-0.2, 0) is 14.3 Å². The Bertz CT molecular complexity index is 679. The molecule has 0 aliphatic heterocycles. The van der Waals surface area contributed by atoms with Gasteiger partial charge in [-0.1, -0.05) is 24.8 Å². The number of rotatable bonds is 9. The van der Waals surface area contributed by atoms with Gasteiger partial charge in [-0.05, 0) is 43.3 Å². The minimum atomic E-state index is -0.505. The van der Waals surface area contributed by atoms with Crippen LogP contribution in [0.5, 0.6) is 17.2 Å². The van der Waals surface area contributed by atoms with E-state index in [-0.39, 0.29) is 13.2 Å². The van der Waals surface area contributed by atoms with Crippen molar-refractivity contribution < 1.29 is 23.7 Å². The van der Waals surface area contributed by atoms with Gasteiger partial charge in [0.25, 0.3) is 0 Å². The van der Waals surface area contributed by atoms with Gasteiger partial charge in [-0.2, -0.15) is 0 Å². The highest BCUT2D eigenvalue weighted by Gasteiger charge is 2.16. The van der Waals surface area contributed by atoms with Crippen LogP contribution in [0, 0.1) is 0 Å². The maximum atomic E-state index is 11.6. The highest BCUT2D eigenvalue weighted by molar-refractivity contribution is 5.87. The van der Waals surface area contributed by atoms with E-state index in [1.54, 1.807) is 19.1 Å². The lowest BCUT2D eigenvalue weighted by Crippen LogP contribution is -2.29. The molecule has 0 aliphatic rings. The molecule has 0 spiro atoms. The largest absolute Gasteiger partial charge is 0.490 e. The van der Waals surface area contributed by atoms with Crippen LogP contribution in [0.4, 0.5) is 0 Å². The van der Waals surface area contributed by atoms with Crippen molar-refractivity contribution in [1.82, 2.24) is 0 Å². The molecule has 2 aromatic rings. The highest BCUT2D eigenvalue weighted by Crippen LogP contribution is 2.23. The predicted molar refractivity (Wildman–Crippen MR) is 95.0 cm³/mol. The van der Waals surface area contributed by atoms with Crippen LogP contribution in [0.2, 0.25) is 0 Å². The van der Waals surface area contributed by atoms with E-state index in [0.717, 1.165) is 5.75 Å². The summed E-state index contributed by atoms with van der Waals surface area (Å²) in [5.74, 6) is 1.66. The van der Waals surface area contributed by atoms with Crippen LogP contribution >= 0.6 is 0 Å². The first-order valence-electron chi connectivity index (χ1n) is 7.89. The van der Waals surface area contributed by atoms with Crippen molar-refractivity contribution >= 4 is 5.97 Å². The monoisotopic (exact) mass is 342 g/mol. The van der Waals surface area contributed by atoms with Gasteiger partial charge in [0.15, 0.2) is 6.10 Å². The molecule has 0 aliphatic carbocycles. The van der Waals surface area contributed by atoms with Gasteiger partial charge in [0.1, 0.15) is 23.9 Å². The van der Waals surface area contributed by atoms with E-state index in [1.807, 2.05) is 42.5 Å². The topological polar surface area (TPSA) is 54.0 Å². The first-order valence-corrected chi connectivity index (χ1v) is 7.89. The predicted octanol–water partition coefficient (Wildman–Crippen LogP) is 3.99. The third kappa shape index (κ3) is 6.31. The molecule has 0 saturated carbocycles. The van der Waals surface area contributed by atoms with Crippen molar-refractivity contribution in [2.75, 3.05) is 20.3 Å². The second kappa shape index (κ2) is 9.49. The van der Waals surface area contributed by atoms with E-state index in [4.69, 9.17) is 18.9 Å². The van der Waals surface area contributed by atoms with Crippen molar-refractivity contribution in [3.8, 4) is 17.2 Å². The fraction of sp³-hybridized carbons (Fsp3) is 0.250. The molecule has 2 aromatic carbocycles. The van der Waals surface area contributed by atoms with Crippen LogP contribution in [0.25, 0.3) is 0 Å². The minimum Gasteiger partial charge on any atom is -0.490 e. The summed E-state index contributed by atoms with van der Waals surface area (Å²) in [5.41, 5.74) is 0.337. The summed E-state index contributed by atoms with van der Waals surface area (Å²) in [5, 5.41) is 0. The Morgan fingerprint density at radius 3 is 2.16 bits per heavy atom. The molecule has 0 saturated heterocycles. The Kier molecular flexibility index (Phi) is 7.04. The lowest BCUT2D eigenvalue weighted by molar-refractivity contribution is -0.148. The van der Waals surface area contributed by atoms with Gasteiger partial charge in [0.2, 0.25) is 0 Å². The molecule has 0 heterocycles. The molecular weight excluding hydrogens is 320 g/mol. The molecule has 0 radical (unpaired) electrons. The Morgan fingerprint density at radius 1 is 0.960 bits per heavy atom. The Balaban J connectivity index is 1.88. The summed E-state index contributed by atoms with van der Waals surface area (Å²) in [6.45, 7) is 5.59. The quantitative estimate of drug-likeness (QED) is 0.509. The molecule has 0 N–H and O–H groups in total. The van der Waals surface area contributed by atoms with Crippen LogP contribution in [0.15, 0.2) is 66.7 Å². The summed E-state index contributed by atoms with van der Waals surface area (Å²) in [6.07, 6.45) is -0.505. The molecule has 5 nitrogen and oxygen atoms in total. The lowest BCUT2D eigenvalue weighted by Gasteiger charge is -2.18. The van der Waals surface area contributed by atoms with E-state index in [9.17, 15) is 4.79 Å². The first-order chi connectivity index (χ1) is 12.1. The van der Waals surface area contributed by atoms with Gasteiger partial charge in [-0.25, -0.2) is 4.79 Å². The summed E-state index contributed by atoms with van der Waals surface area (Å²) in [4.78, 5) is 11.6. The Morgan fingerprint density at radius 2 is 1.56 bits per heavy atom. The molecule has 1 atom stereocenters. The van der Waals surface area contributed by atoms with Crippen molar-refractivity contribution in [2.45, 2.75) is 13.0 Å². The standard InChI is InChI=1S/C20H22O5/c1-15(2)20(21)25-19(13-22-3)14-23-16-9-11-18(12-10-16)24-17-7-5-4-6-8-17/h4-12,19H,1,13-14H2,2-3H3. The maximum absolute atomic E-state index is 11.6. The van der Waals surface area contributed by atoms with Crippen molar-refractivity contribution in [3.05, 3.63) is 66.7 Å². The first kappa shape index (κ1) is 18.5. The number of methoxy groups -OCH3 is 1. The number of hydrogen-bond donors (Lipinski definition) is 0. The fourth-order valence-electron chi connectivity index (χ4n) is 1.97. The number of para-hydroxylation sites is 1. The molecular formula is C20H22O5. The van der Waals surface area contributed by atoms with Crippen molar-refractivity contribution in [1.29, 1.82) is 0 Å². The summed E-state index contributed by atoms with van der Waals surface area (Å²) in [7, 11) is 1.54. The van der Waals surface area contributed by atoms with E-state index in [1.165, 1.54) is 7.11 Å². The van der Waals surface area contributed by atoms with Crippen LogP contribution in [0.1, 0.15) is 6.92 Å². The van der Waals surface area contributed by atoms with Crippen LogP contribution < -0.4 is 9.47 Å². The Hall–Kier alpha value is -2.79. The van der Waals surface area contributed by atoms with Crippen LogP contribution in [0.3, 0.4) is 0 Å². The van der Waals surface area contributed by atoms with E-state index in [2.05, 4.69) is 6.58 Å². The second-order valence-electron chi connectivity index (χ2n) is 5.46. The van der Waals surface area contributed by atoms with E-state index >= 15 is 0 Å². The third-order valence-electron chi connectivity index (χ3n) is 3.21. The molecule has 132 valence electrons. The van der Waals surface area contributed by atoms with E-state index in [0.29, 0.717) is 17.1 Å². The second-order valence-corrected chi connectivity index (χ2v) is 5.46. The maximum Gasteiger partial charge on any atom is 0.333 e. The molecule has 25 heavy (non-hydrogen) atoms. The van der Waals surface area contributed by atoms with Gasteiger partial charge in [-0.3, -0.25) is 0 Å². The molecule has 0 aromatic heterocycles.